The van der Waals surface area contributed by atoms with Crippen LogP contribution in [0.3, 0.4) is 0 Å². The molecule has 1 rings (SSSR count). The lowest BCUT2D eigenvalue weighted by atomic mass is 9.88. The summed E-state index contributed by atoms with van der Waals surface area (Å²) < 4.78 is 0. The van der Waals surface area contributed by atoms with E-state index >= 15 is 0 Å². The van der Waals surface area contributed by atoms with Crippen molar-refractivity contribution in [2.75, 3.05) is 0 Å². The van der Waals surface area contributed by atoms with Gasteiger partial charge in [0.25, 0.3) is 0 Å². The number of hydrogen-bond acceptors (Lipinski definition) is 4. The molecule has 0 heterocycles. The molecule has 5 atom stereocenters. The van der Waals surface area contributed by atoms with Crippen LogP contribution in [0.15, 0.2) is 12.2 Å². The molecule has 5 nitrogen and oxygen atoms in total. The van der Waals surface area contributed by atoms with Crippen LogP contribution >= 0.6 is 0 Å². The third kappa shape index (κ3) is 8.34. The zero-order valence-electron chi connectivity index (χ0n) is 15.5. The van der Waals surface area contributed by atoms with Crippen LogP contribution in [0.5, 0.6) is 0 Å². The minimum atomic E-state index is -1.28. The molecule has 1 aliphatic rings. The number of aliphatic carboxylic acids is 1. The van der Waals surface area contributed by atoms with Crippen LogP contribution in [0, 0.1) is 11.8 Å². The van der Waals surface area contributed by atoms with Crippen molar-refractivity contribution in [3.05, 3.63) is 12.2 Å². The first-order valence-corrected chi connectivity index (χ1v) is 9.91. The van der Waals surface area contributed by atoms with Crippen LogP contribution in [0.25, 0.3) is 0 Å². The summed E-state index contributed by atoms with van der Waals surface area (Å²) in [7, 11) is 0. The topological polar surface area (TPSA) is 98.0 Å². The fourth-order valence-electron chi connectivity index (χ4n) is 3.74. The van der Waals surface area contributed by atoms with Crippen LogP contribution in [0.4, 0.5) is 0 Å². The number of carboxylic acids is 1. The normalized spacial score (nSPS) is 27.8. The molecule has 1 saturated carbocycles. The minimum absolute atomic E-state index is 0.0192. The zero-order valence-corrected chi connectivity index (χ0v) is 15.5. The molecular formula is C20H36O5. The van der Waals surface area contributed by atoms with Gasteiger partial charge in [0.05, 0.1) is 12.2 Å². The third-order valence-corrected chi connectivity index (χ3v) is 5.30. The molecule has 1 fully saturated rings. The van der Waals surface area contributed by atoms with E-state index in [4.69, 9.17) is 5.11 Å². The van der Waals surface area contributed by atoms with Gasteiger partial charge in [0.15, 0.2) is 6.10 Å². The van der Waals surface area contributed by atoms with Crippen LogP contribution in [-0.2, 0) is 4.79 Å². The van der Waals surface area contributed by atoms with Gasteiger partial charge in [-0.25, -0.2) is 4.79 Å². The quantitative estimate of drug-likeness (QED) is 0.300. The number of carboxylic acid groups (broad SMARTS) is 1. The molecule has 0 radical (unpaired) electrons. The van der Waals surface area contributed by atoms with E-state index < -0.39 is 24.3 Å². The van der Waals surface area contributed by atoms with Gasteiger partial charge in [0.2, 0.25) is 0 Å². The van der Waals surface area contributed by atoms with E-state index in [2.05, 4.69) is 19.1 Å². The van der Waals surface area contributed by atoms with Gasteiger partial charge in [-0.3, -0.25) is 0 Å². The van der Waals surface area contributed by atoms with E-state index in [0.29, 0.717) is 12.8 Å². The summed E-state index contributed by atoms with van der Waals surface area (Å²) in [6, 6.07) is 0. The SMILES string of the molecule is CCCCCC/C=C/[C@@H]1[C@H](CCCCCC(O)C(=O)O)[C@@H](O)C[C@H]1O. The molecule has 5 heteroatoms. The molecule has 0 spiro atoms. The van der Waals surface area contributed by atoms with Crippen LogP contribution < -0.4 is 0 Å². The zero-order chi connectivity index (χ0) is 18.7. The first-order chi connectivity index (χ1) is 12.0. The molecule has 0 aromatic carbocycles. The van der Waals surface area contributed by atoms with Crippen molar-refractivity contribution < 1.29 is 25.2 Å². The highest BCUT2D eigenvalue weighted by Crippen LogP contribution is 2.37. The van der Waals surface area contributed by atoms with Crippen molar-refractivity contribution in [2.45, 2.75) is 95.9 Å². The fraction of sp³-hybridized carbons (Fsp3) is 0.850. The van der Waals surface area contributed by atoms with E-state index in [1.807, 2.05) is 0 Å². The Balaban J connectivity index is 2.31. The number of carbonyl (C=O) groups is 1. The number of hydrogen-bond donors (Lipinski definition) is 4. The first kappa shape index (κ1) is 22.1. The van der Waals surface area contributed by atoms with Gasteiger partial charge in [-0.1, -0.05) is 57.6 Å². The average molecular weight is 357 g/mol. The minimum Gasteiger partial charge on any atom is -0.479 e. The molecule has 0 amide bonds. The van der Waals surface area contributed by atoms with E-state index in [1.54, 1.807) is 0 Å². The maximum absolute atomic E-state index is 10.6. The smallest absolute Gasteiger partial charge is 0.332 e. The van der Waals surface area contributed by atoms with Gasteiger partial charge in [0, 0.05) is 12.3 Å². The highest BCUT2D eigenvalue weighted by atomic mass is 16.4. The lowest BCUT2D eigenvalue weighted by Gasteiger charge is -2.20. The first-order valence-electron chi connectivity index (χ1n) is 9.91. The second-order valence-corrected chi connectivity index (χ2v) is 7.38. The van der Waals surface area contributed by atoms with Gasteiger partial charge in [-0.05, 0) is 31.6 Å². The number of allylic oxidation sites excluding steroid dienone is 1. The molecule has 1 unspecified atom stereocenters. The Kier molecular flexibility index (Phi) is 11.0. The summed E-state index contributed by atoms with van der Waals surface area (Å²) in [5, 5.41) is 38.3. The van der Waals surface area contributed by atoms with Crippen molar-refractivity contribution in [3.63, 3.8) is 0 Å². The third-order valence-electron chi connectivity index (χ3n) is 5.30. The Morgan fingerprint density at radius 3 is 2.48 bits per heavy atom. The molecule has 25 heavy (non-hydrogen) atoms. The summed E-state index contributed by atoms with van der Waals surface area (Å²) in [5.74, 6) is -1.07. The highest BCUT2D eigenvalue weighted by Gasteiger charge is 2.39. The Hall–Kier alpha value is -0.910. The van der Waals surface area contributed by atoms with E-state index in [0.717, 1.165) is 25.7 Å². The van der Waals surface area contributed by atoms with Gasteiger partial charge in [-0.15, -0.1) is 0 Å². The summed E-state index contributed by atoms with van der Waals surface area (Å²) in [6.07, 6.45) is 11.9. The van der Waals surface area contributed by atoms with Gasteiger partial charge in [0.1, 0.15) is 0 Å². The van der Waals surface area contributed by atoms with Gasteiger partial charge >= 0.3 is 5.97 Å². The Labute approximate surface area is 151 Å². The molecule has 146 valence electrons. The molecule has 4 N–H and O–H groups in total. The molecule has 0 aromatic heterocycles. The molecular weight excluding hydrogens is 320 g/mol. The number of aliphatic hydroxyl groups is 3. The average Bonchev–Trinajstić information content (AvgIpc) is 2.83. The number of unbranched alkanes of at least 4 members (excludes halogenated alkanes) is 6. The van der Waals surface area contributed by atoms with Crippen molar-refractivity contribution in [1.29, 1.82) is 0 Å². The van der Waals surface area contributed by atoms with E-state index in [-0.39, 0.29) is 18.3 Å². The van der Waals surface area contributed by atoms with Gasteiger partial charge < -0.3 is 20.4 Å². The van der Waals surface area contributed by atoms with E-state index in [1.165, 1.54) is 25.7 Å². The summed E-state index contributed by atoms with van der Waals surface area (Å²) in [5.41, 5.74) is 0. The largest absolute Gasteiger partial charge is 0.479 e. The van der Waals surface area contributed by atoms with Crippen molar-refractivity contribution in [2.24, 2.45) is 11.8 Å². The summed E-state index contributed by atoms with van der Waals surface area (Å²) in [6.45, 7) is 2.19. The number of rotatable bonds is 13. The van der Waals surface area contributed by atoms with Crippen molar-refractivity contribution >= 4 is 5.97 Å². The van der Waals surface area contributed by atoms with Crippen LogP contribution in [0.2, 0.25) is 0 Å². The highest BCUT2D eigenvalue weighted by molar-refractivity contribution is 5.71. The maximum atomic E-state index is 10.6. The predicted molar refractivity (Wildman–Crippen MR) is 98.2 cm³/mol. The maximum Gasteiger partial charge on any atom is 0.332 e. The lowest BCUT2D eigenvalue weighted by molar-refractivity contribution is -0.146. The molecule has 0 bridgehead atoms. The Morgan fingerprint density at radius 1 is 1.08 bits per heavy atom. The second-order valence-electron chi connectivity index (χ2n) is 7.38. The van der Waals surface area contributed by atoms with Crippen LogP contribution in [0.1, 0.15) is 77.6 Å². The second kappa shape index (κ2) is 12.4. The van der Waals surface area contributed by atoms with Crippen molar-refractivity contribution in [3.8, 4) is 0 Å². The summed E-state index contributed by atoms with van der Waals surface area (Å²) >= 11 is 0. The fourth-order valence-corrected chi connectivity index (χ4v) is 3.74. The monoisotopic (exact) mass is 356 g/mol. The summed E-state index contributed by atoms with van der Waals surface area (Å²) in [4.78, 5) is 10.6. The van der Waals surface area contributed by atoms with E-state index in [9.17, 15) is 20.1 Å². The van der Waals surface area contributed by atoms with Gasteiger partial charge in [-0.2, -0.15) is 0 Å². The Morgan fingerprint density at radius 2 is 1.80 bits per heavy atom. The lowest BCUT2D eigenvalue weighted by Crippen LogP contribution is -2.21. The van der Waals surface area contributed by atoms with Crippen LogP contribution in [-0.4, -0.2) is 44.7 Å². The Bertz CT molecular complexity index is 396. The van der Waals surface area contributed by atoms with Crippen molar-refractivity contribution in [1.82, 2.24) is 0 Å². The molecule has 0 aliphatic heterocycles. The number of aliphatic hydroxyl groups excluding tert-OH is 3. The molecule has 0 aromatic rings. The predicted octanol–water partition coefficient (Wildman–Crippen LogP) is 3.27. The molecule has 0 saturated heterocycles. The standard InChI is InChI=1S/C20H36O5/c1-2-3-4-5-6-8-11-15-16(19(23)14-18(15)22)12-9-7-10-13-17(21)20(24)25/h8,11,15-19,21-23H,2-7,9-10,12-14H2,1H3,(H,24,25)/b11-8+/t15-,16+,17?,18-,19+/m1/s1. The molecule has 1 aliphatic carbocycles.